The van der Waals surface area contributed by atoms with Gasteiger partial charge >= 0.3 is 0 Å². The molecule has 146 valence electrons. The lowest BCUT2D eigenvalue weighted by Gasteiger charge is -2.27. The summed E-state index contributed by atoms with van der Waals surface area (Å²) in [6.45, 7) is 0. The molecular formula is C28H20F2. The molecule has 4 aromatic carbocycles. The van der Waals surface area contributed by atoms with Crippen LogP contribution in [-0.4, -0.2) is 12.3 Å². The standard InChI is InChI=1S/C28H20F2/c29-27(25-21-13-5-1-9-17(21)18-10-2-6-14-22(18)25)28(30)26-23-15-7-3-11-19(23)20-12-4-8-16-24(20)26/h1-16,25-28H. The normalized spacial score (nSPS) is 16.5. The maximum Gasteiger partial charge on any atom is 0.143 e. The lowest BCUT2D eigenvalue weighted by molar-refractivity contribution is 0.139. The van der Waals surface area contributed by atoms with E-state index in [1.165, 1.54) is 0 Å². The van der Waals surface area contributed by atoms with Crippen molar-refractivity contribution in [2.45, 2.75) is 24.2 Å². The average molecular weight is 394 g/mol. The van der Waals surface area contributed by atoms with Crippen LogP contribution in [0.25, 0.3) is 22.3 Å². The van der Waals surface area contributed by atoms with Crippen molar-refractivity contribution < 1.29 is 8.78 Å². The first-order chi connectivity index (χ1) is 14.8. The summed E-state index contributed by atoms with van der Waals surface area (Å²) in [6.07, 6.45) is -3.28. The van der Waals surface area contributed by atoms with E-state index < -0.39 is 24.2 Å². The van der Waals surface area contributed by atoms with Crippen molar-refractivity contribution in [3.8, 4) is 22.3 Å². The lowest BCUT2D eigenvalue weighted by atomic mass is 9.82. The first-order valence-corrected chi connectivity index (χ1v) is 10.4. The molecule has 30 heavy (non-hydrogen) atoms. The zero-order valence-electron chi connectivity index (χ0n) is 16.3. The van der Waals surface area contributed by atoms with Crippen LogP contribution in [0.1, 0.15) is 34.1 Å². The third-order valence-electron chi connectivity index (χ3n) is 6.70. The number of halogens is 2. The molecule has 0 nitrogen and oxygen atoms in total. The van der Waals surface area contributed by atoms with E-state index in [-0.39, 0.29) is 0 Å². The summed E-state index contributed by atoms with van der Waals surface area (Å²) >= 11 is 0. The summed E-state index contributed by atoms with van der Waals surface area (Å²) in [6, 6.07) is 31.3. The van der Waals surface area contributed by atoms with Crippen LogP contribution in [0.2, 0.25) is 0 Å². The third-order valence-corrected chi connectivity index (χ3v) is 6.70. The zero-order chi connectivity index (χ0) is 20.2. The fourth-order valence-corrected chi connectivity index (χ4v) is 5.44. The van der Waals surface area contributed by atoms with Crippen LogP contribution in [0, 0.1) is 0 Å². The average Bonchev–Trinajstić information content (AvgIpc) is 3.31. The molecular weight excluding hydrogens is 374 g/mol. The molecule has 0 amide bonds. The van der Waals surface area contributed by atoms with Crippen molar-refractivity contribution in [3.63, 3.8) is 0 Å². The molecule has 0 heterocycles. The summed E-state index contributed by atoms with van der Waals surface area (Å²) < 4.78 is 32.2. The molecule has 2 heteroatoms. The minimum absolute atomic E-state index is 0.590. The number of hydrogen-bond acceptors (Lipinski definition) is 0. The summed E-state index contributed by atoms with van der Waals surface area (Å²) in [4.78, 5) is 0. The third kappa shape index (κ3) is 2.37. The van der Waals surface area contributed by atoms with Crippen LogP contribution in [0.15, 0.2) is 97.1 Å². The molecule has 2 aliphatic carbocycles. The first kappa shape index (κ1) is 17.6. The Hall–Kier alpha value is -3.26. The summed E-state index contributed by atoms with van der Waals surface area (Å²) in [7, 11) is 0. The highest BCUT2D eigenvalue weighted by molar-refractivity contribution is 5.80. The van der Waals surface area contributed by atoms with Crippen molar-refractivity contribution >= 4 is 0 Å². The molecule has 0 aliphatic heterocycles. The molecule has 0 saturated heterocycles. The van der Waals surface area contributed by atoms with Gasteiger partial charge in [0.25, 0.3) is 0 Å². The molecule has 0 fully saturated rings. The van der Waals surface area contributed by atoms with E-state index in [4.69, 9.17) is 0 Å². The van der Waals surface area contributed by atoms with Crippen molar-refractivity contribution in [1.82, 2.24) is 0 Å². The van der Waals surface area contributed by atoms with E-state index in [1.807, 2.05) is 97.1 Å². The molecule has 4 aromatic rings. The quantitative estimate of drug-likeness (QED) is 0.342. The predicted molar refractivity (Wildman–Crippen MR) is 117 cm³/mol. The fraction of sp³-hybridized carbons (Fsp3) is 0.143. The van der Waals surface area contributed by atoms with Gasteiger partial charge in [-0.1, -0.05) is 97.1 Å². The molecule has 6 rings (SSSR count). The van der Waals surface area contributed by atoms with E-state index >= 15 is 8.78 Å². The Morgan fingerprint density at radius 1 is 0.400 bits per heavy atom. The zero-order valence-corrected chi connectivity index (χ0v) is 16.3. The molecule has 0 saturated carbocycles. The van der Waals surface area contributed by atoms with Gasteiger partial charge in [-0.05, 0) is 44.5 Å². The Morgan fingerprint density at radius 3 is 0.900 bits per heavy atom. The largest absolute Gasteiger partial charge is 0.243 e. The van der Waals surface area contributed by atoms with Gasteiger partial charge in [0, 0.05) is 11.8 Å². The predicted octanol–water partition coefficient (Wildman–Crippen LogP) is 7.29. The molecule has 2 aliphatic rings. The molecule has 0 bridgehead atoms. The molecule has 0 N–H and O–H groups in total. The summed E-state index contributed by atoms with van der Waals surface area (Å²) in [5.74, 6) is -1.18. The van der Waals surface area contributed by atoms with Gasteiger partial charge in [-0.2, -0.15) is 0 Å². The van der Waals surface area contributed by atoms with E-state index in [9.17, 15) is 0 Å². The van der Waals surface area contributed by atoms with Crippen molar-refractivity contribution in [2.75, 3.05) is 0 Å². The first-order valence-electron chi connectivity index (χ1n) is 10.4. The van der Waals surface area contributed by atoms with Crippen LogP contribution in [0.5, 0.6) is 0 Å². The van der Waals surface area contributed by atoms with Gasteiger partial charge in [0.2, 0.25) is 0 Å². The van der Waals surface area contributed by atoms with Gasteiger partial charge in [-0.25, -0.2) is 8.78 Å². The molecule has 2 atom stereocenters. The second-order valence-corrected chi connectivity index (χ2v) is 8.19. The maximum atomic E-state index is 16.1. The summed E-state index contributed by atoms with van der Waals surface area (Å²) in [5, 5.41) is 0. The van der Waals surface area contributed by atoms with Gasteiger partial charge in [0.15, 0.2) is 0 Å². The Morgan fingerprint density at radius 2 is 0.633 bits per heavy atom. The van der Waals surface area contributed by atoms with Crippen molar-refractivity contribution in [1.29, 1.82) is 0 Å². The van der Waals surface area contributed by atoms with Crippen LogP contribution >= 0.6 is 0 Å². The number of fused-ring (bicyclic) bond motifs is 6. The van der Waals surface area contributed by atoms with Crippen molar-refractivity contribution in [3.05, 3.63) is 119 Å². The van der Waals surface area contributed by atoms with E-state index in [1.54, 1.807) is 0 Å². The van der Waals surface area contributed by atoms with Gasteiger partial charge in [0.05, 0.1) is 0 Å². The molecule has 0 aromatic heterocycles. The second-order valence-electron chi connectivity index (χ2n) is 8.19. The Kier molecular flexibility index (Phi) is 3.89. The number of benzene rings is 4. The summed E-state index contributed by atoms with van der Waals surface area (Å²) in [5.41, 5.74) is 7.59. The van der Waals surface area contributed by atoms with Crippen molar-refractivity contribution in [2.24, 2.45) is 0 Å². The highest BCUT2D eigenvalue weighted by Crippen LogP contribution is 2.53. The Balaban J connectivity index is 1.47. The topological polar surface area (TPSA) is 0 Å². The Labute approximate surface area is 174 Å². The van der Waals surface area contributed by atoms with Gasteiger partial charge in [0.1, 0.15) is 12.3 Å². The second kappa shape index (κ2) is 6.63. The van der Waals surface area contributed by atoms with E-state index in [0.717, 1.165) is 44.5 Å². The SMILES string of the molecule is FC(C1c2ccccc2-c2ccccc21)C(F)C1c2ccccc2-c2ccccc21. The highest BCUT2D eigenvalue weighted by atomic mass is 19.2. The Bertz CT molecular complexity index is 1070. The number of hydrogen-bond donors (Lipinski definition) is 0. The van der Waals surface area contributed by atoms with Crippen LogP contribution in [-0.2, 0) is 0 Å². The number of alkyl halides is 2. The molecule has 0 spiro atoms. The van der Waals surface area contributed by atoms with Crippen LogP contribution in [0.4, 0.5) is 8.78 Å². The minimum atomic E-state index is -1.64. The smallest absolute Gasteiger partial charge is 0.143 e. The van der Waals surface area contributed by atoms with Gasteiger partial charge in [-0.3, -0.25) is 0 Å². The molecule has 2 unspecified atom stereocenters. The van der Waals surface area contributed by atoms with Gasteiger partial charge < -0.3 is 0 Å². The van der Waals surface area contributed by atoms with Crippen LogP contribution < -0.4 is 0 Å². The minimum Gasteiger partial charge on any atom is -0.243 e. The monoisotopic (exact) mass is 394 g/mol. The maximum absolute atomic E-state index is 16.1. The van der Waals surface area contributed by atoms with E-state index in [2.05, 4.69) is 0 Å². The fourth-order valence-electron chi connectivity index (χ4n) is 5.44. The molecule has 0 radical (unpaired) electrons. The van der Waals surface area contributed by atoms with Gasteiger partial charge in [-0.15, -0.1) is 0 Å². The highest BCUT2D eigenvalue weighted by Gasteiger charge is 2.45. The van der Waals surface area contributed by atoms with E-state index in [0.29, 0.717) is 0 Å². The van der Waals surface area contributed by atoms with Crippen LogP contribution in [0.3, 0.4) is 0 Å². The lowest BCUT2D eigenvalue weighted by Crippen LogP contribution is -2.30. The number of rotatable bonds is 3.